The average molecular weight is 275 g/mol. The molecular weight excluding hydrogens is 258 g/mol. The minimum absolute atomic E-state index is 0.0429. The third-order valence-corrected chi connectivity index (χ3v) is 3.62. The molecule has 0 spiro atoms. The molecule has 0 aliphatic rings. The normalized spacial score (nSPS) is 10.2. The van der Waals surface area contributed by atoms with Gasteiger partial charge in [-0.1, -0.05) is 24.3 Å². The van der Waals surface area contributed by atoms with Gasteiger partial charge < -0.3 is 9.64 Å². The van der Waals surface area contributed by atoms with E-state index in [2.05, 4.69) is 0 Å². The summed E-state index contributed by atoms with van der Waals surface area (Å²) in [7, 11) is 1.81. The fourth-order valence-electron chi connectivity index (χ4n) is 1.85. The first-order chi connectivity index (χ1) is 9.22. The summed E-state index contributed by atoms with van der Waals surface area (Å²) in [5.74, 6) is 0.886. The molecule has 19 heavy (non-hydrogen) atoms. The fraction of sp³-hybridized carbons (Fsp3) is 0.267. The highest BCUT2D eigenvalue weighted by molar-refractivity contribution is 7.12. The number of thiophene rings is 1. The lowest BCUT2D eigenvalue weighted by Crippen LogP contribution is -2.25. The highest BCUT2D eigenvalue weighted by atomic mass is 32.1. The first-order valence-electron chi connectivity index (χ1n) is 6.22. The zero-order valence-electron chi connectivity index (χ0n) is 11.1. The van der Waals surface area contributed by atoms with E-state index >= 15 is 0 Å². The fourth-order valence-corrected chi connectivity index (χ4v) is 2.56. The Kier molecular flexibility index (Phi) is 4.58. The first-order valence-corrected chi connectivity index (χ1v) is 7.10. The molecule has 1 heterocycles. The summed E-state index contributed by atoms with van der Waals surface area (Å²) in [6.07, 6.45) is 0. The molecule has 1 amide bonds. The van der Waals surface area contributed by atoms with Crippen molar-refractivity contribution >= 4 is 17.2 Å². The van der Waals surface area contributed by atoms with Gasteiger partial charge in [0, 0.05) is 19.2 Å². The van der Waals surface area contributed by atoms with E-state index in [9.17, 15) is 4.79 Å². The van der Waals surface area contributed by atoms with Crippen molar-refractivity contribution in [2.45, 2.75) is 13.5 Å². The van der Waals surface area contributed by atoms with Crippen LogP contribution in [0.15, 0.2) is 41.8 Å². The molecule has 3 nitrogen and oxygen atoms in total. The van der Waals surface area contributed by atoms with Gasteiger partial charge >= 0.3 is 0 Å². The van der Waals surface area contributed by atoms with Crippen LogP contribution >= 0.6 is 11.3 Å². The summed E-state index contributed by atoms with van der Waals surface area (Å²) in [5, 5.41) is 1.91. The summed E-state index contributed by atoms with van der Waals surface area (Å²) < 4.78 is 5.57. The van der Waals surface area contributed by atoms with Crippen molar-refractivity contribution in [2.75, 3.05) is 13.7 Å². The molecule has 0 unspecified atom stereocenters. The molecule has 100 valence electrons. The number of ether oxygens (including phenoxy) is 1. The van der Waals surface area contributed by atoms with Crippen LogP contribution in [0.2, 0.25) is 0 Å². The Morgan fingerprint density at radius 2 is 2.05 bits per heavy atom. The molecule has 0 N–H and O–H groups in total. The van der Waals surface area contributed by atoms with Crippen LogP contribution in [0.1, 0.15) is 22.2 Å². The Hall–Kier alpha value is -1.81. The largest absolute Gasteiger partial charge is 0.494 e. The molecule has 0 atom stereocenters. The Bertz CT molecular complexity index is 537. The van der Waals surface area contributed by atoms with Crippen molar-refractivity contribution < 1.29 is 9.53 Å². The summed E-state index contributed by atoms with van der Waals surface area (Å²) in [6, 6.07) is 11.6. The van der Waals surface area contributed by atoms with Crippen molar-refractivity contribution in [3.05, 3.63) is 52.2 Å². The van der Waals surface area contributed by atoms with Crippen molar-refractivity contribution in [1.29, 1.82) is 0 Å². The van der Waals surface area contributed by atoms with Gasteiger partial charge in [0.25, 0.3) is 5.91 Å². The molecule has 4 heteroatoms. The topological polar surface area (TPSA) is 29.5 Å². The zero-order valence-corrected chi connectivity index (χ0v) is 11.9. The van der Waals surface area contributed by atoms with Crippen LogP contribution < -0.4 is 4.74 Å². The lowest BCUT2D eigenvalue weighted by Gasteiger charge is -2.18. The van der Waals surface area contributed by atoms with E-state index in [1.54, 1.807) is 4.90 Å². The number of hydrogen-bond acceptors (Lipinski definition) is 3. The molecule has 1 aromatic heterocycles. The van der Waals surface area contributed by atoms with Gasteiger partial charge in [-0.05, 0) is 24.4 Å². The van der Waals surface area contributed by atoms with E-state index in [0.717, 1.165) is 16.2 Å². The molecule has 0 aliphatic carbocycles. The second-order valence-electron chi connectivity index (χ2n) is 4.18. The number of rotatable bonds is 5. The van der Waals surface area contributed by atoms with Crippen LogP contribution in [0.5, 0.6) is 5.75 Å². The van der Waals surface area contributed by atoms with Gasteiger partial charge in [-0.3, -0.25) is 4.79 Å². The molecule has 0 radical (unpaired) electrons. The number of benzene rings is 1. The van der Waals surface area contributed by atoms with E-state index in [0.29, 0.717) is 13.2 Å². The Morgan fingerprint density at radius 1 is 1.26 bits per heavy atom. The summed E-state index contributed by atoms with van der Waals surface area (Å²) in [5.41, 5.74) is 1.02. The zero-order chi connectivity index (χ0) is 13.7. The van der Waals surface area contributed by atoms with Gasteiger partial charge in [-0.15, -0.1) is 11.3 Å². The third-order valence-electron chi connectivity index (χ3n) is 2.76. The van der Waals surface area contributed by atoms with Crippen molar-refractivity contribution in [1.82, 2.24) is 4.90 Å². The van der Waals surface area contributed by atoms with Gasteiger partial charge in [0.1, 0.15) is 5.75 Å². The van der Waals surface area contributed by atoms with Gasteiger partial charge in [0.15, 0.2) is 0 Å². The van der Waals surface area contributed by atoms with Gasteiger partial charge in [0.2, 0.25) is 0 Å². The highest BCUT2D eigenvalue weighted by Gasteiger charge is 2.14. The van der Waals surface area contributed by atoms with Crippen molar-refractivity contribution in [2.24, 2.45) is 0 Å². The lowest BCUT2D eigenvalue weighted by molar-refractivity contribution is 0.0789. The molecule has 0 saturated heterocycles. The first kappa shape index (κ1) is 13.6. The summed E-state index contributed by atoms with van der Waals surface area (Å²) in [4.78, 5) is 14.6. The quantitative estimate of drug-likeness (QED) is 0.836. The predicted molar refractivity (Wildman–Crippen MR) is 77.7 cm³/mol. The number of amides is 1. The summed E-state index contributed by atoms with van der Waals surface area (Å²) in [6.45, 7) is 3.13. The lowest BCUT2D eigenvalue weighted by atomic mass is 10.2. The standard InChI is InChI=1S/C15H17NO2S/c1-3-18-13-8-5-4-7-12(13)11-16(2)15(17)14-9-6-10-19-14/h4-10H,3,11H2,1-2H3. The minimum Gasteiger partial charge on any atom is -0.494 e. The summed E-state index contributed by atoms with van der Waals surface area (Å²) >= 11 is 1.46. The van der Waals surface area contributed by atoms with Gasteiger partial charge in [-0.25, -0.2) is 0 Å². The van der Waals surface area contributed by atoms with Crippen LogP contribution in [-0.2, 0) is 6.54 Å². The van der Waals surface area contributed by atoms with Crippen LogP contribution in [0.25, 0.3) is 0 Å². The average Bonchev–Trinajstić information content (AvgIpc) is 2.94. The van der Waals surface area contributed by atoms with E-state index < -0.39 is 0 Å². The maximum atomic E-state index is 12.2. The number of para-hydroxylation sites is 1. The van der Waals surface area contributed by atoms with Crippen LogP contribution in [0.4, 0.5) is 0 Å². The maximum absolute atomic E-state index is 12.2. The van der Waals surface area contributed by atoms with Crippen LogP contribution in [0, 0.1) is 0 Å². The SMILES string of the molecule is CCOc1ccccc1CN(C)C(=O)c1cccs1. The molecular formula is C15H17NO2S. The van der Waals surface area contributed by atoms with Crippen molar-refractivity contribution in [3.8, 4) is 5.75 Å². The highest BCUT2D eigenvalue weighted by Crippen LogP contribution is 2.20. The monoisotopic (exact) mass is 275 g/mol. The number of carbonyl (C=O) groups excluding carboxylic acids is 1. The molecule has 0 bridgehead atoms. The van der Waals surface area contributed by atoms with Gasteiger partial charge in [-0.2, -0.15) is 0 Å². The second-order valence-corrected chi connectivity index (χ2v) is 5.13. The predicted octanol–water partition coefficient (Wildman–Crippen LogP) is 3.42. The number of nitrogens with zero attached hydrogens (tertiary/aromatic N) is 1. The molecule has 2 aromatic rings. The van der Waals surface area contributed by atoms with E-state index in [1.807, 2.05) is 55.7 Å². The third kappa shape index (κ3) is 3.35. The number of carbonyl (C=O) groups is 1. The van der Waals surface area contributed by atoms with E-state index in [4.69, 9.17) is 4.74 Å². The molecule has 1 aromatic carbocycles. The molecule has 0 fully saturated rings. The molecule has 0 aliphatic heterocycles. The number of hydrogen-bond donors (Lipinski definition) is 0. The van der Waals surface area contributed by atoms with E-state index in [-0.39, 0.29) is 5.91 Å². The molecule has 0 saturated carbocycles. The Morgan fingerprint density at radius 3 is 2.74 bits per heavy atom. The van der Waals surface area contributed by atoms with Crippen molar-refractivity contribution in [3.63, 3.8) is 0 Å². The molecule has 2 rings (SSSR count). The van der Waals surface area contributed by atoms with Crippen LogP contribution in [0.3, 0.4) is 0 Å². The second kappa shape index (κ2) is 6.38. The van der Waals surface area contributed by atoms with Gasteiger partial charge in [0.05, 0.1) is 11.5 Å². The smallest absolute Gasteiger partial charge is 0.263 e. The Balaban J connectivity index is 2.10. The van der Waals surface area contributed by atoms with Crippen LogP contribution in [-0.4, -0.2) is 24.5 Å². The van der Waals surface area contributed by atoms with E-state index in [1.165, 1.54) is 11.3 Å². The minimum atomic E-state index is 0.0429. The Labute approximate surface area is 117 Å². The maximum Gasteiger partial charge on any atom is 0.263 e.